The van der Waals surface area contributed by atoms with Crippen molar-refractivity contribution in [1.82, 2.24) is 10.2 Å². The van der Waals surface area contributed by atoms with Gasteiger partial charge in [0, 0.05) is 37.3 Å². The Morgan fingerprint density at radius 3 is 2.56 bits per heavy atom. The summed E-state index contributed by atoms with van der Waals surface area (Å²) in [5.41, 5.74) is 3.99. The van der Waals surface area contributed by atoms with Gasteiger partial charge in [-0.15, -0.1) is 0 Å². The second-order valence-corrected chi connectivity index (χ2v) is 9.99. The SMILES string of the molecule is COc1cc2c(cc1CN[C@H]1CCCN(C(C)C)[C@H]1c1ccccc1)C(C)(C)C(=O)N2C. The molecule has 1 fully saturated rings. The normalized spacial score (nSPS) is 23.0. The first kappa shape index (κ1) is 22.8. The lowest BCUT2D eigenvalue weighted by atomic mass is 9.85. The second-order valence-electron chi connectivity index (χ2n) is 9.99. The highest BCUT2D eigenvalue weighted by molar-refractivity contribution is 6.07. The fraction of sp³-hybridized carbons (Fsp3) is 0.519. The molecular weight excluding hydrogens is 398 g/mol. The highest BCUT2D eigenvalue weighted by atomic mass is 16.5. The molecule has 1 saturated heterocycles. The summed E-state index contributed by atoms with van der Waals surface area (Å²) < 4.78 is 5.74. The maximum absolute atomic E-state index is 12.8. The van der Waals surface area contributed by atoms with Crippen LogP contribution in [0.15, 0.2) is 42.5 Å². The van der Waals surface area contributed by atoms with Crippen molar-refractivity contribution in [3.8, 4) is 5.75 Å². The molecule has 0 aromatic heterocycles. The Hall–Kier alpha value is -2.37. The largest absolute Gasteiger partial charge is 0.496 e. The monoisotopic (exact) mass is 435 g/mol. The molecular formula is C27H37N3O2. The quantitative estimate of drug-likeness (QED) is 0.717. The molecule has 32 heavy (non-hydrogen) atoms. The average Bonchev–Trinajstić information content (AvgIpc) is 2.96. The maximum atomic E-state index is 12.8. The summed E-state index contributed by atoms with van der Waals surface area (Å²) >= 11 is 0. The van der Waals surface area contributed by atoms with Crippen LogP contribution in [0.2, 0.25) is 0 Å². The van der Waals surface area contributed by atoms with E-state index in [1.54, 1.807) is 12.0 Å². The first-order valence-electron chi connectivity index (χ1n) is 11.8. The van der Waals surface area contributed by atoms with Gasteiger partial charge in [-0.2, -0.15) is 0 Å². The Morgan fingerprint density at radius 2 is 1.91 bits per heavy atom. The molecule has 2 aliphatic heterocycles. The van der Waals surface area contributed by atoms with Crippen molar-refractivity contribution in [2.24, 2.45) is 0 Å². The van der Waals surface area contributed by atoms with Gasteiger partial charge in [-0.3, -0.25) is 9.69 Å². The van der Waals surface area contributed by atoms with Crippen LogP contribution in [0.5, 0.6) is 5.75 Å². The van der Waals surface area contributed by atoms with Gasteiger partial charge in [-0.1, -0.05) is 30.3 Å². The minimum Gasteiger partial charge on any atom is -0.496 e. The molecule has 0 spiro atoms. The molecule has 1 N–H and O–H groups in total. The molecule has 2 aromatic rings. The van der Waals surface area contributed by atoms with Crippen molar-refractivity contribution in [3.05, 3.63) is 59.2 Å². The summed E-state index contributed by atoms with van der Waals surface area (Å²) in [4.78, 5) is 17.1. The van der Waals surface area contributed by atoms with E-state index in [9.17, 15) is 4.79 Å². The Morgan fingerprint density at radius 1 is 1.19 bits per heavy atom. The number of hydrogen-bond donors (Lipinski definition) is 1. The Kier molecular flexibility index (Phi) is 6.33. The number of likely N-dealkylation sites (N-methyl/N-ethyl adjacent to an activating group) is 1. The van der Waals surface area contributed by atoms with Gasteiger partial charge >= 0.3 is 0 Å². The molecule has 0 saturated carbocycles. The second kappa shape index (κ2) is 8.87. The van der Waals surface area contributed by atoms with E-state index in [1.807, 2.05) is 27.0 Å². The first-order valence-corrected chi connectivity index (χ1v) is 11.8. The van der Waals surface area contributed by atoms with Crippen molar-refractivity contribution in [3.63, 3.8) is 0 Å². The molecule has 0 bridgehead atoms. The topological polar surface area (TPSA) is 44.8 Å². The predicted molar refractivity (Wildman–Crippen MR) is 130 cm³/mol. The highest BCUT2D eigenvalue weighted by Crippen LogP contribution is 2.44. The zero-order valence-electron chi connectivity index (χ0n) is 20.3. The fourth-order valence-corrected chi connectivity index (χ4v) is 5.49. The third-order valence-electron chi connectivity index (χ3n) is 7.30. The standard InChI is InChI=1S/C27H37N3O2/c1-18(2)30-14-10-13-22(25(30)19-11-8-7-9-12-19)28-17-20-15-21-23(16-24(20)32-6)29(5)26(31)27(21,3)4/h7-9,11-12,15-16,18,22,25,28H,10,13-14,17H2,1-6H3/t22-,25-/m0/s1. The third-order valence-corrected chi connectivity index (χ3v) is 7.30. The Labute approximate surface area is 192 Å². The van der Waals surface area contributed by atoms with Gasteiger partial charge in [0.05, 0.1) is 24.3 Å². The van der Waals surface area contributed by atoms with Gasteiger partial charge < -0.3 is 15.0 Å². The van der Waals surface area contributed by atoms with Gasteiger partial charge in [0.1, 0.15) is 5.75 Å². The molecule has 5 nitrogen and oxygen atoms in total. The van der Waals surface area contributed by atoms with Crippen LogP contribution < -0.4 is 15.0 Å². The van der Waals surface area contributed by atoms with Crippen molar-refractivity contribution in [2.45, 2.75) is 70.6 Å². The summed E-state index contributed by atoms with van der Waals surface area (Å²) in [6.45, 7) is 10.4. The number of ether oxygens (including phenoxy) is 1. The Balaban J connectivity index is 1.62. The average molecular weight is 436 g/mol. The zero-order chi connectivity index (χ0) is 23.0. The number of benzene rings is 2. The van der Waals surface area contributed by atoms with Crippen LogP contribution in [0.25, 0.3) is 0 Å². The number of carbonyl (C=O) groups excluding carboxylic acids is 1. The minimum absolute atomic E-state index is 0.128. The lowest BCUT2D eigenvalue weighted by Gasteiger charge is -2.44. The van der Waals surface area contributed by atoms with Crippen molar-refractivity contribution in [1.29, 1.82) is 0 Å². The van der Waals surface area contributed by atoms with Crippen LogP contribution in [0.1, 0.15) is 63.3 Å². The third kappa shape index (κ3) is 3.93. The van der Waals surface area contributed by atoms with Crippen LogP contribution in [0, 0.1) is 0 Å². The molecule has 5 heteroatoms. The van der Waals surface area contributed by atoms with Crippen molar-refractivity contribution >= 4 is 11.6 Å². The van der Waals surface area contributed by atoms with E-state index in [-0.39, 0.29) is 5.91 Å². The van der Waals surface area contributed by atoms with Gasteiger partial charge in [0.2, 0.25) is 5.91 Å². The van der Waals surface area contributed by atoms with Crippen LogP contribution in [-0.4, -0.2) is 43.6 Å². The van der Waals surface area contributed by atoms with E-state index in [1.165, 1.54) is 12.0 Å². The predicted octanol–water partition coefficient (Wildman–Crippen LogP) is 4.65. The Bertz CT molecular complexity index is 970. The minimum atomic E-state index is -0.517. The molecule has 2 atom stereocenters. The number of nitrogens with one attached hydrogen (secondary N) is 1. The molecule has 0 unspecified atom stereocenters. The number of piperidine rings is 1. The maximum Gasteiger partial charge on any atom is 0.236 e. The molecule has 2 aromatic carbocycles. The van der Waals surface area contributed by atoms with Gasteiger partial charge in [-0.25, -0.2) is 0 Å². The summed E-state index contributed by atoms with van der Waals surface area (Å²) in [6.07, 6.45) is 2.33. The van der Waals surface area contributed by atoms with Crippen molar-refractivity contribution < 1.29 is 9.53 Å². The molecule has 0 radical (unpaired) electrons. The van der Waals surface area contributed by atoms with E-state index in [2.05, 4.69) is 60.5 Å². The summed E-state index contributed by atoms with van der Waals surface area (Å²) in [5, 5.41) is 3.87. The van der Waals surface area contributed by atoms with Gasteiger partial charge in [-0.05, 0) is 64.3 Å². The molecule has 2 aliphatic rings. The summed E-state index contributed by atoms with van der Waals surface area (Å²) in [5.74, 6) is 0.963. The van der Waals surface area contributed by atoms with Crippen molar-refractivity contribution in [2.75, 3.05) is 25.6 Å². The zero-order valence-corrected chi connectivity index (χ0v) is 20.3. The first-order chi connectivity index (χ1) is 15.3. The van der Waals surface area contributed by atoms with E-state index < -0.39 is 5.41 Å². The number of rotatable bonds is 6. The number of methoxy groups -OCH3 is 1. The number of amides is 1. The number of nitrogens with zero attached hydrogens (tertiary/aromatic N) is 2. The summed E-state index contributed by atoms with van der Waals surface area (Å²) in [7, 11) is 3.56. The van der Waals surface area contributed by atoms with Crippen LogP contribution in [0.3, 0.4) is 0 Å². The highest BCUT2D eigenvalue weighted by Gasteiger charge is 2.43. The molecule has 0 aliphatic carbocycles. The van der Waals surface area contributed by atoms with Crippen LogP contribution in [0.4, 0.5) is 5.69 Å². The van der Waals surface area contributed by atoms with E-state index in [0.29, 0.717) is 24.7 Å². The van der Waals surface area contributed by atoms with Gasteiger partial charge in [0.25, 0.3) is 0 Å². The molecule has 4 rings (SSSR count). The molecule has 172 valence electrons. The number of likely N-dealkylation sites (tertiary alicyclic amines) is 1. The van der Waals surface area contributed by atoms with E-state index in [0.717, 1.165) is 35.5 Å². The van der Waals surface area contributed by atoms with Crippen LogP contribution in [-0.2, 0) is 16.8 Å². The smallest absolute Gasteiger partial charge is 0.236 e. The number of fused-ring (bicyclic) bond motifs is 1. The summed E-state index contributed by atoms with van der Waals surface area (Å²) in [6, 6.07) is 16.2. The van der Waals surface area contributed by atoms with E-state index in [4.69, 9.17) is 4.74 Å². The molecule has 2 heterocycles. The molecule has 1 amide bonds. The fourth-order valence-electron chi connectivity index (χ4n) is 5.49. The lowest BCUT2D eigenvalue weighted by molar-refractivity contribution is -0.121. The van der Waals surface area contributed by atoms with Crippen LogP contribution >= 0.6 is 0 Å². The number of anilines is 1. The number of hydrogen-bond acceptors (Lipinski definition) is 4. The van der Waals surface area contributed by atoms with E-state index >= 15 is 0 Å². The van der Waals surface area contributed by atoms with Gasteiger partial charge in [0.15, 0.2) is 0 Å². The number of carbonyl (C=O) groups is 1. The lowest BCUT2D eigenvalue weighted by Crippen LogP contribution is -2.50.